The Morgan fingerprint density at radius 1 is 1.23 bits per heavy atom. The van der Waals surface area contributed by atoms with Crippen LogP contribution in [0.5, 0.6) is 0 Å². The Morgan fingerprint density at radius 2 is 2.12 bits per heavy atom. The lowest BCUT2D eigenvalue weighted by Crippen LogP contribution is -2.29. The Hall–Kier alpha value is -2.18. The zero-order valence-corrected chi connectivity index (χ0v) is 15.0. The zero-order chi connectivity index (χ0) is 17.5. The first kappa shape index (κ1) is 16.0. The molecule has 1 N–H and O–H groups in total. The van der Waals surface area contributed by atoms with Crippen molar-refractivity contribution in [3.63, 3.8) is 0 Å². The fourth-order valence-corrected chi connectivity index (χ4v) is 4.28. The van der Waals surface area contributed by atoms with Crippen LogP contribution >= 0.6 is 0 Å². The number of aromatic nitrogens is 5. The van der Waals surface area contributed by atoms with Gasteiger partial charge in [0.2, 0.25) is 5.91 Å². The number of amides is 1. The van der Waals surface area contributed by atoms with E-state index in [1.54, 1.807) is 6.20 Å². The standard InChI is InChI=1S/C19H26N6O/c26-17(3-1-9-25-10-2-8-20-25)24-11-15(13-4-5-13)16(12-24)19-21-18(22-23-19)14-6-7-14/h2,8,10,13-16H,1,3-7,9,11-12H2,(H,21,22,23)/t15-,16+/m1/s1. The minimum atomic E-state index is 0.271. The van der Waals surface area contributed by atoms with Crippen LogP contribution in [-0.4, -0.2) is 48.9 Å². The molecule has 0 aromatic carbocycles. The van der Waals surface area contributed by atoms with Crippen molar-refractivity contribution in [2.24, 2.45) is 11.8 Å². The molecule has 0 unspecified atom stereocenters. The first-order chi connectivity index (χ1) is 12.8. The largest absolute Gasteiger partial charge is 0.342 e. The molecule has 2 aromatic heterocycles. The molecule has 0 spiro atoms. The molecule has 1 saturated heterocycles. The van der Waals surface area contributed by atoms with Crippen molar-refractivity contribution in [3.8, 4) is 0 Å². The van der Waals surface area contributed by atoms with Crippen LogP contribution in [0, 0.1) is 11.8 Å². The summed E-state index contributed by atoms with van der Waals surface area (Å²) in [4.78, 5) is 19.6. The Morgan fingerprint density at radius 3 is 2.85 bits per heavy atom. The van der Waals surface area contributed by atoms with Crippen molar-refractivity contribution < 1.29 is 4.79 Å². The van der Waals surface area contributed by atoms with E-state index in [-0.39, 0.29) is 5.91 Å². The summed E-state index contributed by atoms with van der Waals surface area (Å²) in [5, 5.41) is 11.8. The minimum Gasteiger partial charge on any atom is -0.342 e. The molecular weight excluding hydrogens is 328 g/mol. The number of carbonyl (C=O) groups is 1. The van der Waals surface area contributed by atoms with Gasteiger partial charge in [-0.15, -0.1) is 0 Å². The molecule has 2 saturated carbocycles. The van der Waals surface area contributed by atoms with E-state index < -0.39 is 0 Å². The highest BCUT2D eigenvalue weighted by Gasteiger charge is 2.45. The molecule has 3 fully saturated rings. The number of aryl methyl sites for hydroxylation is 1. The molecular formula is C19H26N6O. The number of likely N-dealkylation sites (tertiary alicyclic amines) is 1. The Bertz CT molecular complexity index is 761. The predicted molar refractivity (Wildman–Crippen MR) is 95.4 cm³/mol. The summed E-state index contributed by atoms with van der Waals surface area (Å²) in [6.45, 7) is 2.48. The fourth-order valence-electron chi connectivity index (χ4n) is 4.28. The van der Waals surface area contributed by atoms with Crippen molar-refractivity contribution in [1.82, 2.24) is 29.9 Å². The van der Waals surface area contributed by atoms with Crippen LogP contribution < -0.4 is 0 Å². The van der Waals surface area contributed by atoms with E-state index in [1.165, 1.54) is 25.7 Å². The first-order valence-electron chi connectivity index (χ1n) is 9.95. The predicted octanol–water partition coefficient (Wildman–Crippen LogP) is 2.31. The van der Waals surface area contributed by atoms with Gasteiger partial charge in [-0.05, 0) is 50.0 Å². The summed E-state index contributed by atoms with van der Waals surface area (Å²) in [6.07, 6.45) is 10.2. The maximum Gasteiger partial charge on any atom is 0.222 e. The lowest BCUT2D eigenvalue weighted by Gasteiger charge is -2.16. The van der Waals surface area contributed by atoms with Gasteiger partial charge < -0.3 is 4.90 Å². The van der Waals surface area contributed by atoms with Gasteiger partial charge in [-0.25, -0.2) is 4.98 Å². The molecule has 3 heterocycles. The second-order valence-electron chi connectivity index (χ2n) is 8.13. The SMILES string of the molecule is O=C(CCCn1cccn1)N1C[C@H](c2nc(C3CC3)n[nH]2)[C@@H](C2CC2)C1. The fraction of sp³-hybridized carbons (Fsp3) is 0.684. The van der Waals surface area contributed by atoms with E-state index >= 15 is 0 Å². The lowest BCUT2D eigenvalue weighted by atomic mass is 9.91. The molecule has 138 valence electrons. The average molecular weight is 354 g/mol. The number of hydrogen-bond acceptors (Lipinski definition) is 4. The molecule has 2 aliphatic carbocycles. The normalized spacial score (nSPS) is 25.8. The quantitative estimate of drug-likeness (QED) is 0.827. The van der Waals surface area contributed by atoms with Gasteiger partial charge in [0.25, 0.3) is 0 Å². The van der Waals surface area contributed by atoms with Crippen LogP contribution in [0.25, 0.3) is 0 Å². The summed E-state index contributed by atoms with van der Waals surface area (Å²) < 4.78 is 1.89. The zero-order valence-electron chi connectivity index (χ0n) is 15.0. The van der Waals surface area contributed by atoms with Crippen LogP contribution in [0.1, 0.15) is 62.0 Å². The van der Waals surface area contributed by atoms with E-state index in [1.807, 2.05) is 16.9 Å². The molecule has 1 amide bonds. The van der Waals surface area contributed by atoms with Crippen molar-refractivity contribution in [2.75, 3.05) is 13.1 Å². The maximum atomic E-state index is 12.7. The maximum absolute atomic E-state index is 12.7. The Kier molecular flexibility index (Phi) is 4.02. The van der Waals surface area contributed by atoms with Gasteiger partial charge in [0.15, 0.2) is 5.82 Å². The number of rotatable bonds is 7. The highest BCUT2D eigenvalue weighted by atomic mass is 16.2. The second-order valence-corrected chi connectivity index (χ2v) is 8.13. The third-order valence-corrected chi connectivity index (χ3v) is 6.10. The highest BCUT2D eigenvalue weighted by Crippen LogP contribution is 2.47. The molecule has 1 aliphatic heterocycles. The number of nitrogens with one attached hydrogen (secondary N) is 1. The third-order valence-electron chi connectivity index (χ3n) is 6.10. The van der Waals surface area contributed by atoms with E-state index in [4.69, 9.17) is 4.98 Å². The summed E-state index contributed by atoms with van der Waals surface area (Å²) in [7, 11) is 0. The van der Waals surface area contributed by atoms with Crippen LogP contribution in [0.4, 0.5) is 0 Å². The van der Waals surface area contributed by atoms with Crippen LogP contribution in [-0.2, 0) is 11.3 Å². The molecule has 5 rings (SSSR count). The number of carbonyl (C=O) groups excluding carboxylic acids is 1. The van der Waals surface area contributed by atoms with Crippen molar-refractivity contribution >= 4 is 5.91 Å². The lowest BCUT2D eigenvalue weighted by molar-refractivity contribution is -0.130. The first-order valence-corrected chi connectivity index (χ1v) is 9.95. The average Bonchev–Trinajstić information content (AvgIpc) is 3.52. The summed E-state index contributed by atoms with van der Waals surface area (Å²) in [5.41, 5.74) is 0. The Labute approximate surface area is 153 Å². The highest BCUT2D eigenvalue weighted by molar-refractivity contribution is 5.76. The van der Waals surface area contributed by atoms with Crippen molar-refractivity contribution in [1.29, 1.82) is 0 Å². The molecule has 2 atom stereocenters. The van der Waals surface area contributed by atoms with Crippen molar-refractivity contribution in [3.05, 3.63) is 30.1 Å². The van der Waals surface area contributed by atoms with Gasteiger partial charge in [0.05, 0.1) is 0 Å². The molecule has 3 aliphatic rings. The van der Waals surface area contributed by atoms with Crippen LogP contribution in [0.3, 0.4) is 0 Å². The van der Waals surface area contributed by atoms with Gasteiger partial charge in [0, 0.05) is 50.3 Å². The monoisotopic (exact) mass is 354 g/mol. The van der Waals surface area contributed by atoms with E-state index in [2.05, 4.69) is 20.2 Å². The van der Waals surface area contributed by atoms with E-state index in [0.717, 1.165) is 43.6 Å². The van der Waals surface area contributed by atoms with Gasteiger partial charge in [0.1, 0.15) is 5.82 Å². The molecule has 0 radical (unpaired) electrons. The van der Waals surface area contributed by atoms with E-state index in [0.29, 0.717) is 24.2 Å². The number of H-pyrrole nitrogens is 1. The smallest absolute Gasteiger partial charge is 0.222 e. The van der Waals surface area contributed by atoms with Crippen LogP contribution in [0.2, 0.25) is 0 Å². The van der Waals surface area contributed by atoms with Gasteiger partial charge in [-0.1, -0.05) is 0 Å². The second kappa shape index (κ2) is 6.52. The summed E-state index contributed by atoms with van der Waals surface area (Å²) in [5.74, 6) is 4.47. The molecule has 2 aromatic rings. The van der Waals surface area contributed by atoms with Gasteiger partial charge in [-0.3, -0.25) is 14.6 Å². The van der Waals surface area contributed by atoms with Gasteiger partial charge in [-0.2, -0.15) is 10.2 Å². The summed E-state index contributed by atoms with van der Waals surface area (Å²) in [6, 6.07) is 1.92. The van der Waals surface area contributed by atoms with E-state index in [9.17, 15) is 4.79 Å². The molecule has 7 nitrogen and oxygen atoms in total. The van der Waals surface area contributed by atoms with Gasteiger partial charge >= 0.3 is 0 Å². The van der Waals surface area contributed by atoms with Crippen LogP contribution in [0.15, 0.2) is 18.5 Å². The summed E-state index contributed by atoms with van der Waals surface area (Å²) >= 11 is 0. The topological polar surface area (TPSA) is 79.7 Å². The number of hydrogen-bond donors (Lipinski definition) is 1. The molecule has 0 bridgehead atoms. The molecule has 26 heavy (non-hydrogen) atoms. The third kappa shape index (κ3) is 3.27. The number of nitrogens with zero attached hydrogens (tertiary/aromatic N) is 5. The number of aromatic amines is 1. The Balaban J connectivity index is 1.22. The minimum absolute atomic E-state index is 0.271. The molecule has 7 heteroatoms. The van der Waals surface area contributed by atoms with Crippen molar-refractivity contribution in [2.45, 2.75) is 56.9 Å².